The van der Waals surface area contributed by atoms with Gasteiger partial charge in [0, 0.05) is 13.1 Å². The zero-order valence-corrected chi connectivity index (χ0v) is 14.8. The van der Waals surface area contributed by atoms with Crippen LogP contribution in [0, 0.1) is 0 Å². The lowest BCUT2D eigenvalue weighted by Crippen LogP contribution is -2.30. The Labute approximate surface area is 152 Å². The molecule has 5 nitrogen and oxygen atoms in total. The number of hydrogen-bond acceptors (Lipinski definition) is 4. The number of anilines is 3. The number of nitrogens with two attached hydrogens (primary N) is 1. The lowest BCUT2D eigenvalue weighted by Gasteiger charge is -2.30. The fourth-order valence-electron chi connectivity index (χ4n) is 2.93. The van der Waals surface area contributed by atoms with Crippen molar-refractivity contribution in [3.63, 3.8) is 0 Å². The Morgan fingerprint density at radius 3 is 2.60 bits per heavy atom. The zero-order chi connectivity index (χ0) is 17.6. The van der Waals surface area contributed by atoms with Crippen LogP contribution in [-0.4, -0.2) is 25.6 Å². The van der Waals surface area contributed by atoms with E-state index < -0.39 is 0 Å². The number of nitrogens with one attached hydrogen (secondary N) is 1. The van der Waals surface area contributed by atoms with Crippen molar-refractivity contribution in [3.8, 4) is 5.75 Å². The van der Waals surface area contributed by atoms with E-state index in [0.29, 0.717) is 22.1 Å². The van der Waals surface area contributed by atoms with Gasteiger partial charge in [-0.25, -0.2) is 0 Å². The summed E-state index contributed by atoms with van der Waals surface area (Å²) in [6.45, 7) is 1.86. The van der Waals surface area contributed by atoms with Gasteiger partial charge in [-0.05, 0) is 43.5 Å². The number of para-hydroxylation sites is 1. The van der Waals surface area contributed by atoms with Gasteiger partial charge in [-0.3, -0.25) is 4.79 Å². The van der Waals surface area contributed by atoms with Gasteiger partial charge in [0.1, 0.15) is 5.75 Å². The molecule has 6 heteroatoms. The molecule has 0 bridgehead atoms. The van der Waals surface area contributed by atoms with Gasteiger partial charge in [-0.1, -0.05) is 29.8 Å². The molecule has 1 aliphatic heterocycles. The molecule has 3 rings (SSSR count). The van der Waals surface area contributed by atoms with Crippen LogP contribution in [0.5, 0.6) is 5.75 Å². The summed E-state index contributed by atoms with van der Waals surface area (Å²) in [5.74, 6) is 0.384. The summed E-state index contributed by atoms with van der Waals surface area (Å²) in [6.07, 6.45) is 3.54. The van der Waals surface area contributed by atoms with E-state index in [2.05, 4.69) is 10.2 Å². The molecule has 0 spiro atoms. The van der Waals surface area contributed by atoms with Crippen molar-refractivity contribution < 1.29 is 9.53 Å². The minimum atomic E-state index is -0.264. The molecule has 1 fully saturated rings. The van der Waals surface area contributed by atoms with Crippen LogP contribution in [-0.2, 0) is 4.79 Å². The Kier molecular flexibility index (Phi) is 5.66. The van der Waals surface area contributed by atoms with Gasteiger partial charge < -0.3 is 20.7 Å². The SMILES string of the molecule is Nc1cc(Cl)c(NC(=O)COc2ccccc2)cc1N1CCCCC1. The highest BCUT2D eigenvalue weighted by molar-refractivity contribution is 6.34. The molecule has 2 aromatic rings. The quantitative estimate of drug-likeness (QED) is 0.794. The van der Waals surface area contributed by atoms with Gasteiger partial charge in [0.05, 0.1) is 22.1 Å². The number of benzene rings is 2. The normalized spacial score (nSPS) is 14.2. The van der Waals surface area contributed by atoms with Crippen LogP contribution in [0.15, 0.2) is 42.5 Å². The lowest BCUT2D eigenvalue weighted by atomic mass is 10.1. The Balaban J connectivity index is 1.67. The van der Waals surface area contributed by atoms with E-state index >= 15 is 0 Å². The standard InChI is InChI=1S/C19H22ClN3O2/c20-15-11-16(21)18(23-9-5-2-6-10-23)12-17(15)22-19(24)13-25-14-7-3-1-4-8-14/h1,3-4,7-8,11-12H,2,5-6,9-10,13,21H2,(H,22,24). The average molecular weight is 360 g/mol. The summed E-state index contributed by atoms with van der Waals surface area (Å²) in [5, 5.41) is 3.23. The maximum absolute atomic E-state index is 12.2. The first kappa shape index (κ1) is 17.4. The molecule has 0 aromatic heterocycles. The summed E-state index contributed by atoms with van der Waals surface area (Å²) >= 11 is 6.25. The molecular weight excluding hydrogens is 338 g/mol. The van der Waals surface area contributed by atoms with Crippen molar-refractivity contribution in [3.05, 3.63) is 47.5 Å². The first-order valence-electron chi connectivity index (χ1n) is 8.45. The molecule has 0 radical (unpaired) electrons. The highest BCUT2D eigenvalue weighted by atomic mass is 35.5. The number of ether oxygens (including phenoxy) is 1. The van der Waals surface area contributed by atoms with Gasteiger partial charge in [0.25, 0.3) is 5.91 Å². The van der Waals surface area contributed by atoms with Crippen molar-refractivity contribution in [2.24, 2.45) is 0 Å². The Hall–Kier alpha value is -2.40. The van der Waals surface area contributed by atoms with Crippen LogP contribution < -0.4 is 20.7 Å². The summed E-state index contributed by atoms with van der Waals surface area (Å²) in [6, 6.07) is 12.8. The highest BCUT2D eigenvalue weighted by Gasteiger charge is 2.17. The second kappa shape index (κ2) is 8.12. The maximum atomic E-state index is 12.2. The Morgan fingerprint density at radius 1 is 1.16 bits per heavy atom. The summed E-state index contributed by atoms with van der Waals surface area (Å²) in [4.78, 5) is 14.4. The molecule has 0 atom stereocenters. The number of nitrogens with zero attached hydrogens (tertiary/aromatic N) is 1. The number of piperidine rings is 1. The smallest absolute Gasteiger partial charge is 0.262 e. The van der Waals surface area contributed by atoms with Crippen molar-refractivity contribution in [1.29, 1.82) is 0 Å². The van der Waals surface area contributed by atoms with E-state index in [-0.39, 0.29) is 12.5 Å². The lowest BCUT2D eigenvalue weighted by molar-refractivity contribution is -0.118. The molecule has 0 saturated carbocycles. The molecule has 132 valence electrons. The average Bonchev–Trinajstić information content (AvgIpc) is 2.64. The molecule has 0 aliphatic carbocycles. The third-order valence-electron chi connectivity index (χ3n) is 4.20. The minimum Gasteiger partial charge on any atom is -0.484 e. The van der Waals surface area contributed by atoms with E-state index in [1.165, 1.54) is 6.42 Å². The molecule has 1 aliphatic rings. The van der Waals surface area contributed by atoms with Crippen LogP contribution >= 0.6 is 11.6 Å². The van der Waals surface area contributed by atoms with E-state index in [0.717, 1.165) is 31.6 Å². The topological polar surface area (TPSA) is 67.6 Å². The van der Waals surface area contributed by atoms with Crippen molar-refractivity contribution in [1.82, 2.24) is 0 Å². The van der Waals surface area contributed by atoms with Gasteiger partial charge in [-0.2, -0.15) is 0 Å². The Morgan fingerprint density at radius 2 is 1.88 bits per heavy atom. The third-order valence-corrected chi connectivity index (χ3v) is 4.51. The third kappa shape index (κ3) is 4.57. The molecule has 1 amide bonds. The number of carbonyl (C=O) groups excluding carboxylic acids is 1. The molecule has 3 N–H and O–H groups in total. The van der Waals surface area contributed by atoms with E-state index in [9.17, 15) is 4.79 Å². The van der Waals surface area contributed by atoms with Crippen molar-refractivity contribution >= 4 is 34.6 Å². The number of amides is 1. The minimum absolute atomic E-state index is 0.0796. The van der Waals surface area contributed by atoms with Crippen molar-refractivity contribution in [2.45, 2.75) is 19.3 Å². The summed E-state index contributed by atoms with van der Waals surface area (Å²) < 4.78 is 5.46. The highest BCUT2D eigenvalue weighted by Crippen LogP contribution is 2.34. The predicted octanol–water partition coefficient (Wildman–Crippen LogP) is 3.93. The van der Waals surface area contributed by atoms with Crippen molar-refractivity contribution in [2.75, 3.05) is 35.6 Å². The fraction of sp³-hybridized carbons (Fsp3) is 0.316. The van der Waals surface area contributed by atoms with Gasteiger partial charge >= 0.3 is 0 Å². The van der Waals surface area contributed by atoms with Gasteiger partial charge in [0.15, 0.2) is 6.61 Å². The van der Waals surface area contributed by atoms with E-state index in [4.69, 9.17) is 22.1 Å². The number of carbonyl (C=O) groups is 1. The summed E-state index contributed by atoms with van der Waals surface area (Å²) in [5.41, 5.74) is 8.23. The fourth-order valence-corrected chi connectivity index (χ4v) is 3.15. The van der Waals surface area contributed by atoms with E-state index in [1.807, 2.05) is 24.3 Å². The first-order chi connectivity index (χ1) is 12.1. The first-order valence-corrected chi connectivity index (χ1v) is 8.83. The number of hydrogen-bond donors (Lipinski definition) is 2. The molecule has 1 saturated heterocycles. The maximum Gasteiger partial charge on any atom is 0.262 e. The molecule has 1 heterocycles. The largest absolute Gasteiger partial charge is 0.484 e. The molecular formula is C19H22ClN3O2. The number of rotatable bonds is 5. The number of halogens is 1. The van der Waals surface area contributed by atoms with Crippen LogP contribution in [0.3, 0.4) is 0 Å². The van der Waals surface area contributed by atoms with Crippen LogP contribution in [0.4, 0.5) is 17.1 Å². The molecule has 25 heavy (non-hydrogen) atoms. The van der Waals surface area contributed by atoms with Crippen LogP contribution in [0.25, 0.3) is 0 Å². The predicted molar refractivity (Wildman–Crippen MR) is 102 cm³/mol. The number of nitrogen functional groups attached to an aromatic ring is 1. The monoisotopic (exact) mass is 359 g/mol. The van der Waals surface area contributed by atoms with Crippen LogP contribution in [0.1, 0.15) is 19.3 Å². The van der Waals surface area contributed by atoms with Gasteiger partial charge in [0.2, 0.25) is 0 Å². The zero-order valence-electron chi connectivity index (χ0n) is 14.0. The molecule has 0 unspecified atom stereocenters. The Bertz CT molecular complexity index is 731. The second-order valence-electron chi connectivity index (χ2n) is 6.09. The molecule has 2 aromatic carbocycles. The summed E-state index contributed by atoms with van der Waals surface area (Å²) in [7, 11) is 0. The van der Waals surface area contributed by atoms with Gasteiger partial charge in [-0.15, -0.1) is 0 Å². The van der Waals surface area contributed by atoms with Crippen LogP contribution in [0.2, 0.25) is 5.02 Å². The second-order valence-corrected chi connectivity index (χ2v) is 6.50. The van der Waals surface area contributed by atoms with E-state index in [1.54, 1.807) is 18.2 Å².